The first-order valence-electron chi connectivity index (χ1n) is 13.6. The summed E-state index contributed by atoms with van der Waals surface area (Å²) in [5.74, 6) is 1.68. The SMILES string of the molecule is c1cc2nc(c1)-c1cccc(n1)COc1ccc(cc1)CNCCCCCCNCc1ccc(cc1)OC2. The molecule has 6 heteroatoms. The smallest absolute Gasteiger partial charge is 0.130 e. The van der Waals surface area contributed by atoms with Crippen LogP contribution in [0.15, 0.2) is 84.9 Å². The summed E-state index contributed by atoms with van der Waals surface area (Å²) >= 11 is 0. The number of benzene rings is 2. The van der Waals surface area contributed by atoms with Gasteiger partial charge < -0.3 is 20.1 Å². The molecule has 6 heterocycles. The third kappa shape index (κ3) is 7.88. The second-order valence-electron chi connectivity index (χ2n) is 9.66. The van der Waals surface area contributed by atoms with Gasteiger partial charge in [-0.15, -0.1) is 0 Å². The standard InChI is InChI=1S/C32H36N4O2/c1-2-4-20-34-22-26-13-17-30(18-14-26)38-24-28-8-6-10-32(36-28)31-9-5-7-27(35-31)23-37-29-15-11-25(12-16-29)21-33-19-3-1/h5-18,33-34H,1-4,19-24H2. The zero-order valence-corrected chi connectivity index (χ0v) is 21.9. The van der Waals surface area contributed by atoms with Crippen molar-refractivity contribution in [2.75, 3.05) is 13.1 Å². The van der Waals surface area contributed by atoms with E-state index in [1.807, 2.05) is 60.7 Å². The van der Waals surface area contributed by atoms with E-state index < -0.39 is 0 Å². The fourth-order valence-electron chi connectivity index (χ4n) is 4.45. The molecule has 2 aromatic heterocycles. The number of ether oxygens (including phenoxy) is 2. The predicted molar refractivity (Wildman–Crippen MR) is 151 cm³/mol. The summed E-state index contributed by atoms with van der Waals surface area (Å²) in [5, 5.41) is 7.11. The normalized spacial score (nSPS) is 15.6. The van der Waals surface area contributed by atoms with Crippen molar-refractivity contribution in [3.8, 4) is 22.9 Å². The van der Waals surface area contributed by atoms with Gasteiger partial charge >= 0.3 is 0 Å². The number of aromatic nitrogens is 2. The molecule has 2 N–H and O–H groups in total. The lowest BCUT2D eigenvalue weighted by molar-refractivity contribution is 0.301. The number of hydrogen-bond donors (Lipinski definition) is 2. The average molecular weight is 509 g/mol. The Morgan fingerprint density at radius 2 is 0.947 bits per heavy atom. The highest BCUT2D eigenvalue weighted by molar-refractivity contribution is 5.54. The summed E-state index contributed by atoms with van der Waals surface area (Å²) in [7, 11) is 0. The van der Waals surface area contributed by atoms with E-state index in [2.05, 4.69) is 34.9 Å². The summed E-state index contributed by atoms with van der Waals surface area (Å²) in [4.78, 5) is 9.58. The summed E-state index contributed by atoms with van der Waals surface area (Å²) in [6.45, 7) is 4.64. The third-order valence-corrected chi connectivity index (χ3v) is 6.61. The molecule has 0 atom stereocenters. The van der Waals surface area contributed by atoms with Crippen LogP contribution in [-0.2, 0) is 26.3 Å². The zero-order chi connectivity index (χ0) is 25.8. The van der Waals surface area contributed by atoms with Gasteiger partial charge in [-0.3, -0.25) is 0 Å². The van der Waals surface area contributed by atoms with Crippen LogP contribution in [0.2, 0.25) is 0 Å². The molecule has 0 aliphatic carbocycles. The van der Waals surface area contributed by atoms with Crippen LogP contribution in [0.4, 0.5) is 0 Å². The average Bonchev–Trinajstić information content (AvgIpc) is 2.97. The van der Waals surface area contributed by atoms with E-state index in [1.54, 1.807) is 0 Å². The first kappa shape index (κ1) is 25.9. The molecule has 0 fully saturated rings. The van der Waals surface area contributed by atoms with Crippen LogP contribution in [0.25, 0.3) is 11.4 Å². The van der Waals surface area contributed by atoms with E-state index in [-0.39, 0.29) is 0 Å². The van der Waals surface area contributed by atoms with E-state index in [4.69, 9.17) is 19.4 Å². The van der Waals surface area contributed by atoms with Gasteiger partial charge in [0.25, 0.3) is 0 Å². The van der Waals surface area contributed by atoms with Crippen molar-refractivity contribution < 1.29 is 9.47 Å². The van der Waals surface area contributed by atoms with Gasteiger partial charge in [-0.2, -0.15) is 0 Å². The molecule has 8 rings (SSSR count). The molecule has 196 valence electrons. The van der Waals surface area contributed by atoms with Gasteiger partial charge in [0, 0.05) is 13.1 Å². The Balaban J connectivity index is 1.27. The monoisotopic (exact) mass is 508 g/mol. The highest BCUT2D eigenvalue weighted by Crippen LogP contribution is 2.19. The minimum Gasteiger partial charge on any atom is -0.487 e. The van der Waals surface area contributed by atoms with Crippen LogP contribution < -0.4 is 20.1 Å². The molecule has 0 unspecified atom stereocenters. The van der Waals surface area contributed by atoms with Crippen molar-refractivity contribution in [3.05, 3.63) is 107 Å². The maximum absolute atomic E-state index is 6.01. The molecular formula is C32H36N4O2. The molecule has 0 saturated heterocycles. The molecule has 4 aromatic rings. The first-order chi connectivity index (χ1) is 18.8. The predicted octanol–water partition coefficient (Wildman–Crippen LogP) is 6.05. The molecular weight excluding hydrogens is 472 g/mol. The fraction of sp³-hybridized carbons (Fsp3) is 0.312. The number of nitrogens with zero attached hydrogens (tertiary/aromatic N) is 2. The van der Waals surface area contributed by atoms with E-state index >= 15 is 0 Å². The van der Waals surface area contributed by atoms with Gasteiger partial charge in [0.1, 0.15) is 24.7 Å². The second-order valence-corrected chi connectivity index (χ2v) is 9.66. The summed E-state index contributed by atoms with van der Waals surface area (Å²) in [6, 6.07) is 28.5. The molecule has 38 heavy (non-hydrogen) atoms. The Labute approximate surface area is 225 Å². The number of nitrogens with one attached hydrogen (secondary N) is 2. The van der Waals surface area contributed by atoms with E-state index in [1.165, 1.54) is 36.8 Å². The highest BCUT2D eigenvalue weighted by atomic mass is 16.5. The molecule has 4 aliphatic heterocycles. The van der Waals surface area contributed by atoms with Gasteiger partial charge in [0.15, 0.2) is 0 Å². The zero-order valence-electron chi connectivity index (χ0n) is 21.9. The van der Waals surface area contributed by atoms with Crippen LogP contribution >= 0.6 is 0 Å². The van der Waals surface area contributed by atoms with Gasteiger partial charge in [0.2, 0.25) is 0 Å². The lowest BCUT2D eigenvalue weighted by atomic mass is 10.1. The molecule has 4 aliphatic rings. The molecule has 2 aromatic carbocycles. The Morgan fingerprint density at radius 1 is 0.500 bits per heavy atom. The van der Waals surface area contributed by atoms with Crippen molar-refractivity contribution in [3.63, 3.8) is 0 Å². The minimum absolute atomic E-state index is 0.403. The number of rotatable bonds is 0. The number of hydrogen-bond acceptors (Lipinski definition) is 6. The van der Waals surface area contributed by atoms with E-state index in [9.17, 15) is 0 Å². The van der Waals surface area contributed by atoms with E-state index in [0.29, 0.717) is 13.2 Å². The Kier molecular flexibility index (Phi) is 9.34. The first-order valence-corrected chi connectivity index (χ1v) is 13.6. The lowest BCUT2D eigenvalue weighted by Gasteiger charge is -2.10. The van der Waals surface area contributed by atoms with Gasteiger partial charge in [0.05, 0.1) is 22.8 Å². The fourth-order valence-corrected chi connectivity index (χ4v) is 4.45. The van der Waals surface area contributed by atoms with Crippen molar-refractivity contribution in [1.82, 2.24) is 20.6 Å². The Morgan fingerprint density at radius 3 is 1.39 bits per heavy atom. The molecule has 6 nitrogen and oxygen atoms in total. The molecule has 8 bridgehead atoms. The summed E-state index contributed by atoms with van der Waals surface area (Å²) in [6.07, 6.45) is 4.91. The number of pyridine rings is 2. The van der Waals surface area contributed by atoms with Crippen molar-refractivity contribution in [1.29, 1.82) is 0 Å². The van der Waals surface area contributed by atoms with Crippen LogP contribution in [0.1, 0.15) is 48.2 Å². The van der Waals surface area contributed by atoms with Crippen LogP contribution in [0.3, 0.4) is 0 Å². The lowest BCUT2D eigenvalue weighted by Crippen LogP contribution is -2.16. The molecule has 0 spiro atoms. The summed E-state index contributed by atoms with van der Waals surface area (Å²) in [5.41, 5.74) is 5.88. The van der Waals surface area contributed by atoms with Crippen molar-refractivity contribution in [2.24, 2.45) is 0 Å². The van der Waals surface area contributed by atoms with Gasteiger partial charge in [-0.25, -0.2) is 9.97 Å². The largest absolute Gasteiger partial charge is 0.487 e. The second kappa shape index (κ2) is 13.7. The quantitative estimate of drug-likeness (QED) is 0.301. The minimum atomic E-state index is 0.403. The molecule has 0 saturated carbocycles. The van der Waals surface area contributed by atoms with Crippen LogP contribution in [-0.4, -0.2) is 23.1 Å². The van der Waals surface area contributed by atoms with Crippen molar-refractivity contribution >= 4 is 0 Å². The van der Waals surface area contributed by atoms with Crippen molar-refractivity contribution in [2.45, 2.75) is 52.0 Å². The van der Waals surface area contributed by atoms with Gasteiger partial charge in [-0.1, -0.05) is 49.2 Å². The maximum atomic E-state index is 6.01. The van der Waals surface area contributed by atoms with E-state index in [0.717, 1.165) is 60.5 Å². The topological polar surface area (TPSA) is 68.3 Å². The van der Waals surface area contributed by atoms with Crippen LogP contribution in [0, 0.1) is 0 Å². The summed E-state index contributed by atoms with van der Waals surface area (Å²) < 4.78 is 12.0. The Hall–Kier alpha value is -3.74. The van der Waals surface area contributed by atoms with Gasteiger partial charge in [-0.05, 0) is 85.6 Å². The molecule has 0 radical (unpaired) electrons. The maximum Gasteiger partial charge on any atom is 0.130 e. The molecule has 0 amide bonds. The van der Waals surface area contributed by atoms with Crippen LogP contribution in [0.5, 0.6) is 11.5 Å². The Bertz CT molecular complexity index is 1170. The highest BCUT2D eigenvalue weighted by Gasteiger charge is 2.07. The third-order valence-electron chi connectivity index (χ3n) is 6.61.